The molecule has 2 N–H and O–H groups in total. The lowest BCUT2D eigenvalue weighted by Gasteiger charge is -2.13. The van der Waals surface area contributed by atoms with E-state index >= 15 is 0 Å². The fourth-order valence-electron chi connectivity index (χ4n) is 1.52. The van der Waals surface area contributed by atoms with Crippen LogP contribution in [0.25, 0.3) is 0 Å². The summed E-state index contributed by atoms with van der Waals surface area (Å²) >= 11 is 0. The van der Waals surface area contributed by atoms with Crippen LogP contribution in [0.1, 0.15) is 12.5 Å². The van der Waals surface area contributed by atoms with Gasteiger partial charge in [-0.25, -0.2) is 0 Å². The Labute approximate surface area is 109 Å². The fraction of sp³-hybridized carbons (Fsp3) is 0.571. The van der Waals surface area contributed by atoms with Crippen molar-refractivity contribution in [3.63, 3.8) is 0 Å². The number of aryl methyl sites for hydroxylation is 1. The van der Waals surface area contributed by atoms with Gasteiger partial charge in [-0.05, 0) is 24.1 Å². The van der Waals surface area contributed by atoms with Crippen molar-refractivity contribution in [3.8, 4) is 5.75 Å². The van der Waals surface area contributed by atoms with Gasteiger partial charge in [0.2, 0.25) is 0 Å². The Morgan fingerprint density at radius 1 is 1.28 bits per heavy atom. The molecule has 1 aromatic rings. The number of hydrogen-bond acceptors (Lipinski definition) is 4. The van der Waals surface area contributed by atoms with E-state index in [0.717, 1.165) is 18.7 Å². The van der Waals surface area contributed by atoms with E-state index in [1.54, 1.807) is 7.11 Å². The topological polar surface area (TPSA) is 50.7 Å². The standard InChI is InChI=1S/C14H23NO3/c1-3-12-4-6-14(7-5-12)18-11-13(16)10-15-8-9-17-2/h4-7,13,15-16H,3,8-11H2,1-2H3. The summed E-state index contributed by atoms with van der Waals surface area (Å²) in [6, 6.07) is 7.95. The minimum atomic E-state index is -0.507. The predicted octanol–water partition coefficient (Wildman–Crippen LogP) is 1.22. The van der Waals surface area contributed by atoms with Crippen LogP contribution in [-0.4, -0.2) is 44.6 Å². The first-order valence-corrected chi connectivity index (χ1v) is 6.35. The van der Waals surface area contributed by atoms with Gasteiger partial charge in [0.1, 0.15) is 18.5 Å². The SMILES string of the molecule is CCc1ccc(OCC(O)CNCCOC)cc1. The zero-order valence-corrected chi connectivity index (χ0v) is 11.2. The van der Waals surface area contributed by atoms with Crippen molar-refractivity contribution in [2.75, 3.05) is 33.4 Å². The van der Waals surface area contributed by atoms with Gasteiger partial charge in [-0.3, -0.25) is 0 Å². The molecule has 1 atom stereocenters. The molecule has 0 heterocycles. The summed E-state index contributed by atoms with van der Waals surface area (Å²) in [5, 5.41) is 12.8. The van der Waals surface area contributed by atoms with Crippen LogP contribution in [-0.2, 0) is 11.2 Å². The second-order valence-electron chi connectivity index (χ2n) is 4.16. The zero-order chi connectivity index (χ0) is 13.2. The smallest absolute Gasteiger partial charge is 0.119 e. The maximum absolute atomic E-state index is 9.68. The van der Waals surface area contributed by atoms with E-state index in [9.17, 15) is 5.11 Å². The number of rotatable bonds is 9. The molecule has 4 heteroatoms. The van der Waals surface area contributed by atoms with Crippen LogP contribution < -0.4 is 10.1 Å². The lowest BCUT2D eigenvalue weighted by molar-refractivity contribution is 0.103. The Hall–Kier alpha value is -1.10. The van der Waals surface area contributed by atoms with Gasteiger partial charge in [0.05, 0.1) is 6.61 Å². The van der Waals surface area contributed by atoms with Gasteiger partial charge in [0.25, 0.3) is 0 Å². The maximum Gasteiger partial charge on any atom is 0.119 e. The summed E-state index contributed by atoms with van der Waals surface area (Å²) in [4.78, 5) is 0. The van der Waals surface area contributed by atoms with Crippen LogP contribution in [0.2, 0.25) is 0 Å². The van der Waals surface area contributed by atoms with Crippen LogP contribution in [0.3, 0.4) is 0 Å². The van der Waals surface area contributed by atoms with Crippen molar-refractivity contribution >= 4 is 0 Å². The molecular formula is C14H23NO3. The zero-order valence-electron chi connectivity index (χ0n) is 11.2. The van der Waals surface area contributed by atoms with E-state index in [4.69, 9.17) is 9.47 Å². The summed E-state index contributed by atoms with van der Waals surface area (Å²) in [7, 11) is 1.65. The molecule has 0 bridgehead atoms. The third kappa shape index (κ3) is 6.00. The molecule has 1 unspecified atom stereocenters. The molecule has 18 heavy (non-hydrogen) atoms. The van der Waals surface area contributed by atoms with Gasteiger partial charge < -0.3 is 19.9 Å². The third-order valence-electron chi connectivity index (χ3n) is 2.64. The average molecular weight is 253 g/mol. The molecule has 0 amide bonds. The lowest BCUT2D eigenvalue weighted by atomic mass is 10.2. The van der Waals surface area contributed by atoms with Crippen molar-refractivity contribution in [3.05, 3.63) is 29.8 Å². The number of aliphatic hydroxyl groups excluding tert-OH is 1. The highest BCUT2D eigenvalue weighted by Gasteiger charge is 2.04. The van der Waals surface area contributed by atoms with E-state index < -0.39 is 6.10 Å². The largest absolute Gasteiger partial charge is 0.491 e. The van der Waals surface area contributed by atoms with E-state index in [1.807, 2.05) is 24.3 Å². The van der Waals surface area contributed by atoms with Crippen LogP contribution in [0.4, 0.5) is 0 Å². The Bertz CT molecular complexity index is 313. The van der Waals surface area contributed by atoms with Crippen molar-refractivity contribution in [2.24, 2.45) is 0 Å². The van der Waals surface area contributed by atoms with Crippen molar-refractivity contribution in [1.82, 2.24) is 5.32 Å². The monoisotopic (exact) mass is 253 g/mol. The molecule has 0 aliphatic heterocycles. The summed E-state index contributed by atoms with van der Waals surface area (Å²) in [5.74, 6) is 0.795. The van der Waals surface area contributed by atoms with E-state index in [0.29, 0.717) is 19.8 Å². The van der Waals surface area contributed by atoms with Crippen molar-refractivity contribution < 1.29 is 14.6 Å². The van der Waals surface area contributed by atoms with Crippen molar-refractivity contribution in [2.45, 2.75) is 19.4 Å². The molecule has 1 aromatic carbocycles. The number of methoxy groups -OCH3 is 1. The second kappa shape index (κ2) is 8.91. The van der Waals surface area contributed by atoms with Gasteiger partial charge >= 0.3 is 0 Å². The molecule has 0 aliphatic rings. The van der Waals surface area contributed by atoms with Crippen LogP contribution >= 0.6 is 0 Å². The molecule has 0 aromatic heterocycles. The van der Waals surface area contributed by atoms with Crippen LogP contribution in [0.5, 0.6) is 5.75 Å². The van der Waals surface area contributed by atoms with Gasteiger partial charge in [0, 0.05) is 20.2 Å². The minimum Gasteiger partial charge on any atom is -0.491 e. The summed E-state index contributed by atoms with van der Waals surface area (Å²) in [6.45, 7) is 4.30. The van der Waals surface area contributed by atoms with Crippen molar-refractivity contribution in [1.29, 1.82) is 0 Å². The van der Waals surface area contributed by atoms with E-state index in [-0.39, 0.29) is 0 Å². The lowest BCUT2D eigenvalue weighted by Crippen LogP contribution is -2.33. The van der Waals surface area contributed by atoms with Gasteiger partial charge in [0.15, 0.2) is 0 Å². The second-order valence-corrected chi connectivity index (χ2v) is 4.16. The van der Waals surface area contributed by atoms with Gasteiger partial charge in [-0.1, -0.05) is 19.1 Å². The molecule has 0 saturated heterocycles. The highest BCUT2D eigenvalue weighted by atomic mass is 16.5. The van der Waals surface area contributed by atoms with E-state index in [2.05, 4.69) is 12.2 Å². The minimum absolute atomic E-state index is 0.297. The van der Waals surface area contributed by atoms with Crippen LogP contribution in [0, 0.1) is 0 Å². The highest BCUT2D eigenvalue weighted by Crippen LogP contribution is 2.12. The van der Waals surface area contributed by atoms with Gasteiger partial charge in [-0.15, -0.1) is 0 Å². The molecule has 1 rings (SSSR count). The van der Waals surface area contributed by atoms with Crippen LogP contribution in [0.15, 0.2) is 24.3 Å². The highest BCUT2D eigenvalue weighted by molar-refractivity contribution is 5.27. The Morgan fingerprint density at radius 3 is 2.61 bits per heavy atom. The Morgan fingerprint density at radius 2 is 2.00 bits per heavy atom. The molecule has 0 fully saturated rings. The number of aliphatic hydroxyl groups is 1. The normalized spacial score (nSPS) is 12.4. The molecule has 0 aliphatic carbocycles. The molecular weight excluding hydrogens is 230 g/mol. The molecule has 0 spiro atoms. The maximum atomic E-state index is 9.68. The predicted molar refractivity (Wildman–Crippen MR) is 72.1 cm³/mol. The fourth-order valence-corrected chi connectivity index (χ4v) is 1.52. The quantitative estimate of drug-likeness (QED) is 0.650. The first kappa shape index (κ1) is 15.0. The summed E-state index contributed by atoms with van der Waals surface area (Å²) in [6.07, 6.45) is 0.513. The Balaban J connectivity index is 2.18. The molecule has 0 radical (unpaired) electrons. The first-order chi connectivity index (χ1) is 8.76. The summed E-state index contributed by atoms with van der Waals surface area (Å²) in [5.41, 5.74) is 1.28. The molecule has 4 nitrogen and oxygen atoms in total. The first-order valence-electron chi connectivity index (χ1n) is 6.35. The van der Waals surface area contributed by atoms with Gasteiger partial charge in [-0.2, -0.15) is 0 Å². The molecule has 102 valence electrons. The third-order valence-corrected chi connectivity index (χ3v) is 2.64. The Kier molecular flexibility index (Phi) is 7.41. The number of benzene rings is 1. The van der Waals surface area contributed by atoms with E-state index in [1.165, 1.54) is 5.56 Å². The average Bonchev–Trinajstić information content (AvgIpc) is 2.42. The summed E-state index contributed by atoms with van der Waals surface area (Å²) < 4.78 is 10.4. The number of ether oxygens (including phenoxy) is 2. The number of hydrogen-bond donors (Lipinski definition) is 2. The molecule has 0 saturated carbocycles. The number of nitrogens with one attached hydrogen (secondary N) is 1.